The predicted molar refractivity (Wildman–Crippen MR) is 49.6 cm³/mol. The summed E-state index contributed by atoms with van der Waals surface area (Å²) >= 11 is -5.07. The molecule has 1 rings (SSSR count). The summed E-state index contributed by atoms with van der Waals surface area (Å²) in [5.41, 5.74) is 5.00. The van der Waals surface area contributed by atoms with Gasteiger partial charge in [-0.2, -0.15) is 0 Å². The van der Waals surface area contributed by atoms with Crippen LogP contribution in [0.5, 0.6) is 11.5 Å². The number of hydrogen-bond acceptors (Lipinski definition) is 4. The van der Waals surface area contributed by atoms with E-state index in [1.165, 1.54) is 13.2 Å². The number of aromatic hydroxyl groups is 1. The van der Waals surface area contributed by atoms with E-state index < -0.39 is 19.9 Å². The first-order valence-electron chi connectivity index (χ1n) is 3.59. The van der Waals surface area contributed by atoms with Crippen molar-refractivity contribution in [1.82, 2.24) is 0 Å². The molecule has 1 aromatic carbocycles. The second kappa shape index (κ2) is 3.57. The van der Waals surface area contributed by atoms with Crippen molar-refractivity contribution < 1.29 is 21.8 Å². The molecule has 1 aromatic rings. The summed E-state index contributed by atoms with van der Waals surface area (Å²) in [7, 11) is 1.32. The van der Waals surface area contributed by atoms with Crippen LogP contribution in [-0.2, 0) is 3.74 Å². The molecule has 0 aliphatic rings. The molecular weight excluding hydrogens is 253 g/mol. The van der Waals surface area contributed by atoms with E-state index in [0.29, 0.717) is 0 Å². The summed E-state index contributed by atoms with van der Waals surface area (Å²) in [5.74, 6) is -0.370. The Hall–Kier alpha value is -1.10. The van der Waals surface area contributed by atoms with Crippen molar-refractivity contribution in [1.29, 1.82) is 0 Å². The van der Waals surface area contributed by atoms with Gasteiger partial charge in [0.25, 0.3) is 0 Å². The van der Waals surface area contributed by atoms with Crippen LogP contribution in [0.4, 0.5) is 5.69 Å². The quantitative estimate of drug-likeness (QED) is 0.295. The van der Waals surface area contributed by atoms with Gasteiger partial charge < -0.3 is 0 Å². The normalized spacial score (nSPS) is 11.4. The van der Waals surface area contributed by atoms with E-state index in [1.807, 2.05) is 0 Å². The minimum atomic E-state index is -5.07. The zero-order chi connectivity index (χ0) is 10.9. The molecule has 0 radical (unpaired) electrons. The Labute approximate surface area is 82.9 Å². The Balaban J connectivity index is 3.39. The van der Waals surface area contributed by atoms with Crippen LogP contribution in [0.3, 0.4) is 0 Å². The van der Waals surface area contributed by atoms with Crippen molar-refractivity contribution >= 4 is 24.2 Å². The van der Waals surface area contributed by atoms with Crippen molar-refractivity contribution in [3.63, 3.8) is 0 Å². The number of phenols is 1. The molecule has 0 fully saturated rings. The van der Waals surface area contributed by atoms with Crippen LogP contribution in [0.25, 0.3) is 0 Å². The van der Waals surface area contributed by atoms with Crippen molar-refractivity contribution in [2.24, 2.45) is 0 Å². The predicted octanol–water partition coefficient (Wildman–Crippen LogP) is -1.46. The van der Waals surface area contributed by atoms with Crippen LogP contribution in [0.1, 0.15) is 0 Å². The van der Waals surface area contributed by atoms with Gasteiger partial charge in [0.15, 0.2) is 0 Å². The minimum absolute atomic E-state index is 0.0789. The molecule has 0 bridgehead atoms. The third kappa shape index (κ3) is 1.87. The molecular formula is C7H10AsNO5. The fourth-order valence-electron chi connectivity index (χ4n) is 0.996. The topological polar surface area (TPSA) is 113 Å². The molecule has 0 aliphatic carbocycles. The van der Waals surface area contributed by atoms with Gasteiger partial charge in [0.1, 0.15) is 0 Å². The summed E-state index contributed by atoms with van der Waals surface area (Å²) in [5, 5.41) is 9.36. The molecule has 14 heavy (non-hydrogen) atoms. The maximum atomic E-state index is 10.9. The number of hydrogen-bond donors (Lipinski definition) is 4. The average Bonchev–Trinajstić information content (AvgIpc) is 2.07. The van der Waals surface area contributed by atoms with Crippen LogP contribution in [0, 0.1) is 0 Å². The van der Waals surface area contributed by atoms with E-state index in [1.54, 1.807) is 0 Å². The SMILES string of the molecule is COc1ccc([As](=O)(O)O)c(N)c1O. The molecule has 0 saturated carbocycles. The second-order valence-electron chi connectivity index (χ2n) is 2.59. The zero-order valence-corrected chi connectivity index (χ0v) is 9.21. The van der Waals surface area contributed by atoms with Crippen molar-refractivity contribution in [3.05, 3.63) is 12.1 Å². The zero-order valence-electron chi connectivity index (χ0n) is 7.34. The molecule has 0 saturated heterocycles. The molecule has 0 aromatic heterocycles. The molecule has 5 N–H and O–H groups in total. The molecule has 0 spiro atoms. The third-order valence-corrected chi connectivity index (χ3v) is 3.83. The number of rotatable bonds is 2. The van der Waals surface area contributed by atoms with Gasteiger partial charge in [-0.15, -0.1) is 0 Å². The first kappa shape index (κ1) is 11.0. The van der Waals surface area contributed by atoms with Gasteiger partial charge in [0, 0.05) is 0 Å². The Morgan fingerprint density at radius 2 is 2.00 bits per heavy atom. The standard InChI is InChI=1S/C7H10AsNO5/c1-14-5-3-2-4(8(11,12)13)6(9)7(5)10/h2-3,10H,9H2,1H3,(H2,11,12,13). The number of ether oxygens (including phenoxy) is 1. The van der Waals surface area contributed by atoms with Crippen molar-refractivity contribution in [2.75, 3.05) is 12.8 Å². The Morgan fingerprint density at radius 1 is 1.43 bits per heavy atom. The van der Waals surface area contributed by atoms with E-state index in [2.05, 4.69) is 0 Å². The fourth-order valence-corrected chi connectivity index (χ4v) is 2.44. The van der Waals surface area contributed by atoms with Gasteiger partial charge >= 0.3 is 82.5 Å². The first-order chi connectivity index (χ1) is 6.38. The van der Waals surface area contributed by atoms with Gasteiger partial charge in [-0.25, -0.2) is 0 Å². The summed E-state index contributed by atoms with van der Waals surface area (Å²) in [6.07, 6.45) is 0. The Bertz CT molecular complexity index is 399. The van der Waals surface area contributed by atoms with Crippen LogP contribution >= 0.6 is 0 Å². The number of phenolic OH excluding ortho intramolecular Hbond substituents is 1. The van der Waals surface area contributed by atoms with Gasteiger partial charge in [-0.05, 0) is 0 Å². The number of anilines is 1. The fraction of sp³-hybridized carbons (Fsp3) is 0.143. The van der Waals surface area contributed by atoms with E-state index in [-0.39, 0.29) is 15.8 Å². The number of nitrogens with two attached hydrogens (primary N) is 1. The van der Waals surface area contributed by atoms with Crippen LogP contribution in [0.2, 0.25) is 0 Å². The van der Waals surface area contributed by atoms with E-state index in [0.717, 1.165) is 6.07 Å². The number of methoxy groups -OCH3 is 1. The van der Waals surface area contributed by atoms with Crippen LogP contribution in [-0.4, -0.2) is 34.6 Å². The number of benzene rings is 1. The Kier molecular flexibility index (Phi) is 2.80. The molecule has 0 heterocycles. The van der Waals surface area contributed by atoms with Crippen molar-refractivity contribution in [3.8, 4) is 11.5 Å². The van der Waals surface area contributed by atoms with Crippen LogP contribution < -0.4 is 14.8 Å². The summed E-state index contributed by atoms with van der Waals surface area (Å²) in [6, 6.07) is 2.40. The monoisotopic (exact) mass is 263 g/mol. The molecule has 6 nitrogen and oxygen atoms in total. The molecule has 0 unspecified atom stereocenters. The first-order valence-corrected chi connectivity index (χ1v) is 6.97. The molecule has 7 heteroatoms. The second-order valence-corrected chi connectivity index (χ2v) is 5.89. The van der Waals surface area contributed by atoms with E-state index in [4.69, 9.17) is 18.7 Å². The number of nitrogen functional groups attached to an aromatic ring is 1. The molecule has 0 aliphatic heterocycles. The van der Waals surface area contributed by atoms with E-state index >= 15 is 0 Å². The summed E-state index contributed by atoms with van der Waals surface area (Å²) < 4.78 is 33.1. The van der Waals surface area contributed by atoms with Gasteiger partial charge in [-0.3, -0.25) is 0 Å². The summed E-state index contributed by atoms with van der Waals surface area (Å²) in [4.78, 5) is 0. The summed E-state index contributed by atoms with van der Waals surface area (Å²) in [6.45, 7) is 0. The average molecular weight is 263 g/mol. The van der Waals surface area contributed by atoms with Crippen molar-refractivity contribution in [2.45, 2.75) is 0 Å². The van der Waals surface area contributed by atoms with E-state index in [9.17, 15) is 8.85 Å². The maximum absolute atomic E-state index is 10.9. The molecule has 0 amide bonds. The third-order valence-electron chi connectivity index (χ3n) is 1.69. The van der Waals surface area contributed by atoms with Crippen LogP contribution in [0.15, 0.2) is 12.1 Å². The van der Waals surface area contributed by atoms with Gasteiger partial charge in [-0.1, -0.05) is 0 Å². The molecule has 0 atom stereocenters. The van der Waals surface area contributed by atoms with Gasteiger partial charge in [0.2, 0.25) is 0 Å². The Morgan fingerprint density at radius 3 is 2.43 bits per heavy atom. The molecule has 78 valence electrons. The van der Waals surface area contributed by atoms with Gasteiger partial charge in [0.05, 0.1) is 0 Å².